The lowest BCUT2D eigenvalue weighted by Gasteiger charge is -2.33. The largest absolute Gasteiger partial charge is 0.488 e. The van der Waals surface area contributed by atoms with Crippen LogP contribution in [0.1, 0.15) is 39.7 Å². The second-order valence-electron chi connectivity index (χ2n) is 5.84. The molecule has 0 aliphatic heterocycles. The molecule has 1 aromatic rings. The van der Waals surface area contributed by atoms with Crippen LogP contribution in [-0.2, 0) is 0 Å². The van der Waals surface area contributed by atoms with E-state index in [9.17, 15) is 0 Å². The molecule has 0 aliphatic carbocycles. The van der Waals surface area contributed by atoms with Crippen molar-refractivity contribution < 1.29 is 4.74 Å². The Balaban J connectivity index is 2.69. The highest BCUT2D eigenvalue weighted by Crippen LogP contribution is 2.25. The Morgan fingerprint density at radius 1 is 1.06 bits per heavy atom. The van der Waals surface area contributed by atoms with Crippen LogP contribution in [0.3, 0.4) is 0 Å². The van der Waals surface area contributed by atoms with Gasteiger partial charge in [0.15, 0.2) is 0 Å². The van der Waals surface area contributed by atoms with Crippen molar-refractivity contribution in [3.8, 4) is 5.75 Å². The van der Waals surface area contributed by atoms with E-state index in [4.69, 9.17) is 10.5 Å². The topological polar surface area (TPSA) is 35.2 Å². The van der Waals surface area contributed by atoms with Gasteiger partial charge < -0.3 is 10.5 Å². The molecule has 2 heteroatoms. The van der Waals surface area contributed by atoms with Crippen molar-refractivity contribution >= 4 is 0 Å². The predicted molar refractivity (Wildman–Crippen MR) is 68.8 cm³/mol. The van der Waals surface area contributed by atoms with Gasteiger partial charge in [0.1, 0.15) is 11.4 Å². The lowest BCUT2D eigenvalue weighted by atomic mass is 9.90. The molecule has 0 atom stereocenters. The Morgan fingerprint density at radius 3 is 2.00 bits per heavy atom. The minimum absolute atomic E-state index is 0.214. The van der Waals surface area contributed by atoms with Gasteiger partial charge in [-0.25, -0.2) is 0 Å². The highest BCUT2D eigenvalue weighted by Gasteiger charge is 2.27. The molecule has 0 amide bonds. The number of hydrogen-bond acceptors (Lipinski definition) is 2. The first-order valence-electron chi connectivity index (χ1n) is 5.73. The average molecular weight is 221 g/mol. The SMILES string of the molecule is Cc1ccc(OC(C)(C)CC(C)(C)N)cc1. The number of nitrogens with two attached hydrogens (primary N) is 1. The molecule has 1 aromatic carbocycles. The van der Waals surface area contributed by atoms with Gasteiger partial charge in [-0.1, -0.05) is 17.7 Å². The zero-order valence-corrected chi connectivity index (χ0v) is 11.0. The van der Waals surface area contributed by atoms with Crippen LogP contribution in [0.5, 0.6) is 5.75 Å². The Kier molecular flexibility index (Phi) is 3.64. The van der Waals surface area contributed by atoms with Gasteiger partial charge in [-0.2, -0.15) is 0 Å². The van der Waals surface area contributed by atoms with Gasteiger partial charge in [0.25, 0.3) is 0 Å². The summed E-state index contributed by atoms with van der Waals surface area (Å²) in [5, 5.41) is 0. The van der Waals surface area contributed by atoms with E-state index in [1.54, 1.807) is 0 Å². The summed E-state index contributed by atoms with van der Waals surface area (Å²) in [6.45, 7) is 10.3. The first-order valence-corrected chi connectivity index (χ1v) is 5.73. The molecular formula is C14H23NO. The van der Waals surface area contributed by atoms with Gasteiger partial charge in [-0.15, -0.1) is 0 Å². The van der Waals surface area contributed by atoms with Gasteiger partial charge in [0.05, 0.1) is 0 Å². The first kappa shape index (κ1) is 13.0. The maximum absolute atomic E-state index is 6.02. The van der Waals surface area contributed by atoms with Crippen molar-refractivity contribution in [3.63, 3.8) is 0 Å². The predicted octanol–water partition coefficient (Wildman–Crippen LogP) is 3.28. The molecule has 0 saturated carbocycles. The number of aryl methyl sites for hydroxylation is 1. The van der Waals surface area contributed by atoms with Crippen molar-refractivity contribution in [1.82, 2.24) is 0 Å². The molecule has 0 saturated heterocycles. The van der Waals surface area contributed by atoms with Crippen LogP contribution in [0, 0.1) is 6.92 Å². The Morgan fingerprint density at radius 2 is 1.56 bits per heavy atom. The van der Waals surface area contributed by atoms with E-state index in [1.807, 2.05) is 26.0 Å². The smallest absolute Gasteiger partial charge is 0.120 e. The zero-order valence-electron chi connectivity index (χ0n) is 11.0. The molecule has 0 radical (unpaired) electrons. The van der Waals surface area contributed by atoms with Gasteiger partial charge in [0.2, 0.25) is 0 Å². The number of benzene rings is 1. The fraction of sp³-hybridized carbons (Fsp3) is 0.571. The van der Waals surface area contributed by atoms with Gasteiger partial charge in [-0.05, 0) is 46.8 Å². The summed E-state index contributed by atoms with van der Waals surface area (Å²) < 4.78 is 5.95. The summed E-state index contributed by atoms with van der Waals surface area (Å²) in [4.78, 5) is 0. The minimum atomic E-state index is -0.243. The van der Waals surface area contributed by atoms with Crippen molar-refractivity contribution in [2.45, 2.75) is 52.2 Å². The summed E-state index contributed by atoms with van der Waals surface area (Å²) in [5.41, 5.74) is 6.80. The molecule has 90 valence electrons. The standard InChI is InChI=1S/C14H23NO/c1-11-6-8-12(9-7-11)16-14(4,5)10-13(2,3)15/h6-9H,10,15H2,1-5H3. The van der Waals surface area contributed by atoms with E-state index in [2.05, 4.69) is 32.9 Å². The molecule has 0 aliphatic rings. The molecule has 0 heterocycles. The first-order chi connectivity index (χ1) is 7.18. The third-order valence-electron chi connectivity index (χ3n) is 2.30. The summed E-state index contributed by atoms with van der Waals surface area (Å²) in [6, 6.07) is 8.11. The van der Waals surface area contributed by atoms with Crippen LogP contribution >= 0.6 is 0 Å². The van der Waals surface area contributed by atoms with E-state index >= 15 is 0 Å². The number of ether oxygens (including phenoxy) is 1. The average Bonchev–Trinajstić information content (AvgIpc) is 2.04. The Hall–Kier alpha value is -1.02. The molecule has 1 rings (SSSR count). The Bertz CT molecular complexity index is 333. The van der Waals surface area contributed by atoms with Crippen molar-refractivity contribution in [2.24, 2.45) is 5.73 Å². The van der Waals surface area contributed by atoms with Gasteiger partial charge in [-0.3, -0.25) is 0 Å². The molecule has 2 N–H and O–H groups in total. The third kappa shape index (κ3) is 4.67. The van der Waals surface area contributed by atoms with Gasteiger partial charge >= 0.3 is 0 Å². The maximum atomic E-state index is 6.02. The molecule has 0 aromatic heterocycles. The van der Waals surface area contributed by atoms with Crippen LogP contribution in [-0.4, -0.2) is 11.1 Å². The molecule has 16 heavy (non-hydrogen) atoms. The fourth-order valence-corrected chi connectivity index (χ4v) is 2.06. The van der Waals surface area contributed by atoms with Crippen molar-refractivity contribution in [1.29, 1.82) is 0 Å². The maximum Gasteiger partial charge on any atom is 0.120 e. The quantitative estimate of drug-likeness (QED) is 0.846. The third-order valence-corrected chi connectivity index (χ3v) is 2.30. The van der Waals surface area contributed by atoms with E-state index in [0.29, 0.717) is 0 Å². The highest BCUT2D eigenvalue weighted by atomic mass is 16.5. The van der Waals surface area contributed by atoms with Gasteiger partial charge in [0, 0.05) is 12.0 Å². The fourth-order valence-electron chi connectivity index (χ4n) is 2.06. The van der Waals surface area contributed by atoms with Crippen LogP contribution in [0.15, 0.2) is 24.3 Å². The lowest BCUT2D eigenvalue weighted by Crippen LogP contribution is -2.43. The molecule has 0 spiro atoms. The molecule has 0 bridgehead atoms. The van der Waals surface area contributed by atoms with E-state index in [0.717, 1.165) is 12.2 Å². The normalized spacial score (nSPS) is 12.6. The molecular weight excluding hydrogens is 198 g/mol. The highest BCUT2D eigenvalue weighted by molar-refractivity contribution is 5.26. The van der Waals surface area contributed by atoms with Crippen LogP contribution in [0.2, 0.25) is 0 Å². The monoisotopic (exact) mass is 221 g/mol. The van der Waals surface area contributed by atoms with Crippen molar-refractivity contribution in [2.75, 3.05) is 0 Å². The zero-order chi connectivity index (χ0) is 12.4. The second-order valence-corrected chi connectivity index (χ2v) is 5.84. The number of rotatable bonds is 4. The summed E-state index contributed by atoms with van der Waals surface area (Å²) in [5.74, 6) is 0.903. The molecule has 0 fully saturated rings. The number of hydrogen-bond donors (Lipinski definition) is 1. The van der Waals surface area contributed by atoms with Crippen molar-refractivity contribution in [3.05, 3.63) is 29.8 Å². The van der Waals surface area contributed by atoms with E-state index in [1.165, 1.54) is 5.56 Å². The second kappa shape index (κ2) is 4.46. The summed E-state index contributed by atoms with van der Waals surface area (Å²) in [7, 11) is 0. The van der Waals surface area contributed by atoms with E-state index < -0.39 is 0 Å². The van der Waals surface area contributed by atoms with Crippen LogP contribution in [0.4, 0.5) is 0 Å². The minimum Gasteiger partial charge on any atom is -0.488 e. The Labute approximate surface area is 98.8 Å². The van der Waals surface area contributed by atoms with Crippen LogP contribution < -0.4 is 10.5 Å². The summed E-state index contributed by atoms with van der Waals surface area (Å²) in [6.07, 6.45) is 0.813. The molecule has 2 nitrogen and oxygen atoms in total. The molecule has 0 unspecified atom stereocenters. The lowest BCUT2D eigenvalue weighted by molar-refractivity contribution is 0.0783. The summed E-state index contributed by atoms with van der Waals surface area (Å²) >= 11 is 0. The van der Waals surface area contributed by atoms with Crippen LogP contribution in [0.25, 0.3) is 0 Å². The van der Waals surface area contributed by atoms with E-state index in [-0.39, 0.29) is 11.1 Å².